The summed E-state index contributed by atoms with van der Waals surface area (Å²) in [7, 11) is 1.64. The van der Waals surface area contributed by atoms with Gasteiger partial charge in [0.25, 0.3) is 5.91 Å². The molecule has 0 bridgehead atoms. The van der Waals surface area contributed by atoms with Crippen LogP contribution in [-0.2, 0) is 16.1 Å². The summed E-state index contributed by atoms with van der Waals surface area (Å²) in [6, 6.07) is 13.6. The van der Waals surface area contributed by atoms with Crippen LogP contribution in [0, 0.1) is 0 Å². The van der Waals surface area contributed by atoms with Crippen LogP contribution in [0.1, 0.15) is 37.1 Å². The summed E-state index contributed by atoms with van der Waals surface area (Å²) >= 11 is 0. The molecule has 1 saturated heterocycles. The number of hydrogen-bond acceptors (Lipinski definition) is 5. The molecule has 2 aromatic heterocycles. The molecule has 4 rings (SSSR count). The molecular formula is C22H26N4O3. The summed E-state index contributed by atoms with van der Waals surface area (Å²) < 4.78 is 13.1. The van der Waals surface area contributed by atoms with Crippen LogP contribution in [-0.4, -0.2) is 51.7 Å². The zero-order valence-electron chi connectivity index (χ0n) is 16.8. The molecule has 2 atom stereocenters. The Morgan fingerprint density at radius 3 is 3.00 bits per heavy atom. The molecule has 0 unspecified atom stereocenters. The van der Waals surface area contributed by atoms with Gasteiger partial charge in [0.2, 0.25) is 0 Å². The van der Waals surface area contributed by atoms with E-state index in [1.54, 1.807) is 7.11 Å². The van der Waals surface area contributed by atoms with Crippen molar-refractivity contribution in [1.29, 1.82) is 0 Å². The lowest BCUT2D eigenvalue weighted by molar-refractivity contribution is -0.144. The third-order valence-electron chi connectivity index (χ3n) is 5.42. The number of nitrogens with zero attached hydrogens (tertiary/aromatic N) is 4. The molecule has 1 fully saturated rings. The molecule has 152 valence electrons. The Bertz CT molecular complexity index is 987. The standard InChI is InChI=1S/C22H26N4O3/c1-16(29-15-17-7-5-9-19(13-17)28-2)22(27)25-11-6-8-18(14-25)21-24-23-20-10-3-4-12-26(20)21/h3-5,7,9-10,12-13,16,18H,6,8,11,14-15H2,1-2H3/t16-,18+/m0/s1. The number of carbonyl (C=O) groups is 1. The SMILES string of the molecule is COc1cccc(CO[C@@H](C)C(=O)N2CCC[C@@H](c3nnc4ccccn34)C2)c1. The molecule has 1 aromatic carbocycles. The monoisotopic (exact) mass is 394 g/mol. The van der Waals surface area contributed by atoms with E-state index in [4.69, 9.17) is 9.47 Å². The van der Waals surface area contributed by atoms with Crippen LogP contribution in [0.4, 0.5) is 0 Å². The van der Waals surface area contributed by atoms with Crippen molar-refractivity contribution >= 4 is 11.6 Å². The highest BCUT2D eigenvalue weighted by molar-refractivity contribution is 5.80. The summed E-state index contributed by atoms with van der Waals surface area (Å²) in [5.41, 5.74) is 1.82. The number of piperidine rings is 1. The maximum Gasteiger partial charge on any atom is 0.251 e. The Morgan fingerprint density at radius 2 is 2.14 bits per heavy atom. The second-order valence-electron chi connectivity index (χ2n) is 7.42. The van der Waals surface area contributed by atoms with Gasteiger partial charge in [-0.15, -0.1) is 10.2 Å². The molecule has 1 aliphatic heterocycles. The number of pyridine rings is 1. The van der Waals surface area contributed by atoms with E-state index in [2.05, 4.69) is 10.2 Å². The first-order chi connectivity index (χ1) is 14.2. The molecule has 0 radical (unpaired) electrons. The maximum absolute atomic E-state index is 13.0. The third-order valence-corrected chi connectivity index (χ3v) is 5.42. The predicted octanol–water partition coefficient (Wildman–Crippen LogP) is 3.05. The van der Waals surface area contributed by atoms with Gasteiger partial charge in [0.05, 0.1) is 13.7 Å². The fraction of sp³-hybridized carbons (Fsp3) is 0.409. The van der Waals surface area contributed by atoms with E-state index in [9.17, 15) is 4.79 Å². The molecule has 0 spiro atoms. The van der Waals surface area contributed by atoms with E-state index in [0.717, 1.165) is 42.2 Å². The average molecular weight is 394 g/mol. The molecule has 29 heavy (non-hydrogen) atoms. The minimum absolute atomic E-state index is 0.0198. The predicted molar refractivity (Wildman–Crippen MR) is 109 cm³/mol. The first-order valence-electron chi connectivity index (χ1n) is 9.98. The second kappa shape index (κ2) is 8.61. The topological polar surface area (TPSA) is 69.0 Å². The minimum atomic E-state index is -0.505. The van der Waals surface area contributed by atoms with E-state index in [-0.39, 0.29) is 11.8 Å². The van der Waals surface area contributed by atoms with E-state index < -0.39 is 6.10 Å². The molecule has 0 N–H and O–H groups in total. The van der Waals surface area contributed by atoms with Crippen LogP contribution < -0.4 is 4.74 Å². The number of carbonyl (C=O) groups excluding carboxylic acids is 1. The number of amides is 1. The van der Waals surface area contributed by atoms with Gasteiger partial charge in [-0.3, -0.25) is 9.20 Å². The summed E-state index contributed by atoms with van der Waals surface area (Å²) in [6.07, 6.45) is 3.42. The van der Waals surface area contributed by atoms with Gasteiger partial charge in [-0.1, -0.05) is 18.2 Å². The summed E-state index contributed by atoms with van der Waals surface area (Å²) in [5.74, 6) is 1.90. The Morgan fingerprint density at radius 1 is 1.24 bits per heavy atom. The van der Waals surface area contributed by atoms with E-state index in [1.165, 1.54) is 0 Å². The number of benzene rings is 1. The largest absolute Gasteiger partial charge is 0.497 e. The van der Waals surface area contributed by atoms with Crippen molar-refractivity contribution < 1.29 is 14.3 Å². The molecule has 3 aromatic rings. The van der Waals surface area contributed by atoms with Gasteiger partial charge < -0.3 is 14.4 Å². The Balaban J connectivity index is 1.39. The Hall–Kier alpha value is -2.93. The Kier molecular flexibility index (Phi) is 5.76. The van der Waals surface area contributed by atoms with Gasteiger partial charge in [-0.05, 0) is 49.6 Å². The van der Waals surface area contributed by atoms with Crippen LogP contribution >= 0.6 is 0 Å². The average Bonchev–Trinajstić information content (AvgIpc) is 3.21. The van der Waals surface area contributed by atoms with Crippen LogP contribution in [0.5, 0.6) is 5.75 Å². The fourth-order valence-corrected chi connectivity index (χ4v) is 3.84. The zero-order chi connectivity index (χ0) is 20.2. The highest BCUT2D eigenvalue weighted by atomic mass is 16.5. The van der Waals surface area contributed by atoms with Gasteiger partial charge in [0.1, 0.15) is 17.7 Å². The van der Waals surface area contributed by atoms with Crippen molar-refractivity contribution in [3.8, 4) is 5.75 Å². The quantitative estimate of drug-likeness (QED) is 0.643. The lowest BCUT2D eigenvalue weighted by Gasteiger charge is -2.33. The highest BCUT2D eigenvalue weighted by Gasteiger charge is 2.30. The first-order valence-corrected chi connectivity index (χ1v) is 9.98. The van der Waals surface area contributed by atoms with Gasteiger partial charge in [-0.2, -0.15) is 0 Å². The number of methoxy groups -OCH3 is 1. The highest BCUT2D eigenvalue weighted by Crippen LogP contribution is 2.26. The van der Waals surface area contributed by atoms with Gasteiger partial charge >= 0.3 is 0 Å². The van der Waals surface area contributed by atoms with Crippen molar-refractivity contribution in [2.45, 2.75) is 38.4 Å². The van der Waals surface area contributed by atoms with Gasteiger partial charge in [-0.25, -0.2) is 0 Å². The van der Waals surface area contributed by atoms with Crippen molar-refractivity contribution in [2.24, 2.45) is 0 Å². The van der Waals surface area contributed by atoms with Crippen molar-refractivity contribution in [3.05, 3.63) is 60.0 Å². The summed E-state index contributed by atoms with van der Waals surface area (Å²) in [5, 5.41) is 8.63. The molecule has 7 nitrogen and oxygen atoms in total. The molecule has 0 aliphatic carbocycles. The molecule has 1 aliphatic rings. The molecule has 3 heterocycles. The summed E-state index contributed by atoms with van der Waals surface area (Å²) in [4.78, 5) is 14.9. The number of hydrogen-bond donors (Lipinski definition) is 0. The lowest BCUT2D eigenvalue weighted by Crippen LogP contribution is -2.44. The maximum atomic E-state index is 13.0. The van der Waals surface area contributed by atoms with Crippen LogP contribution in [0.25, 0.3) is 5.65 Å². The van der Waals surface area contributed by atoms with Crippen molar-refractivity contribution in [1.82, 2.24) is 19.5 Å². The number of likely N-dealkylation sites (tertiary alicyclic amines) is 1. The molecule has 0 saturated carbocycles. The van der Waals surface area contributed by atoms with Crippen LogP contribution in [0.3, 0.4) is 0 Å². The van der Waals surface area contributed by atoms with Gasteiger partial charge in [0.15, 0.2) is 5.65 Å². The third kappa shape index (κ3) is 4.24. The summed E-state index contributed by atoms with van der Waals surface area (Å²) in [6.45, 7) is 3.58. The van der Waals surface area contributed by atoms with Crippen LogP contribution in [0.2, 0.25) is 0 Å². The number of ether oxygens (including phenoxy) is 2. The minimum Gasteiger partial charge on any atom is -0.497 e. The Labute approximate surface area is 170 Å². The molecule has 7 heteroatoms. The van der Waals surface area contributed by atoms with E-state index in [0.29, 0.717) is 13.2 Å². The zero-order valence-corrected chi connectivity index (χ0v) is 16.8. The number of aromatic nitrogens is 3. The first kappa shape index (κ1) is 19.4. The van der Waals surface area contributed by atoms with E-state index in [1.807, 2.05) is 64.9 Å². The molecular weight excluding hydrogens is 368 g/mol. The van der Waals surface area contributed by atoms with Crippen molar-refractivity contribution in [3.63, 3.8) is 0 Å². The second-order valence-corrected chi connectivity index (χ2v) is 7.42. The number of fused-ring (bicyclic) bond motifs is 1. The normalized spacial score (nSPS) is 18.0. The van der Waals surface area contributed by atoms with Crippen LogP contribution in [0.15, 0.2) is 48.7 Å². The van der Waals surface area contributed by atoms with Gasteiger partial charge in [0, 0.05) is 25.2 Å². The van der Waals surface area contributed by atoms with Crippen molar-refractivity contribution in [2.75, 3.05) is 20.2 Å². The van der Waals surface area contributed by atoms with E-state index >= 15 is 0 Å². The smallest absolute Gasteiger partial charge is 0.251 e. The molecule has 1 amide bonds. The number of rotatable bonds is 6. The fourth-order valence-electron chi connectivity index (χ4n) is 3.84. The lowest BCUT2D eigenvalue weighted by atomic mass is 9.97.